The lowest BCUT2D eigenvalue weighted by Crippen LogP contribution is -2.51. The van der Waals surface area contributed by atoms with E-state index in [1.165, 1.54) is 0 Å². The molecule has 2 rings (SSSR count). The minimum atomic E-state index is -2.90. The number of hydrogen-bond donors (Lipinski definition) is 1. The minimum absolute atomic E-state index is 0.0391. The van der Waals surface area contributed by atoms with Gasteiger partial charge in [-0.25, -0.2) is 8.42 Å². The van der Waals surface area contributed by atoms with E-state index >= 15 is 0 Å². The molecule has 116 valence electrons. The number of sulfone groups is 1. The third-order valence-corrected chi connectivity index (χ3v) is 6.25. The standard InChI is InChI=1S/C14H25NO4S/c1-3-19-13(16)11-5-4-6-12(9-11)15-14(2)7-8-20(17,18)10-14/h11-12,15H,3-10H2,1-2H3. The van der Waals surface area contributed by atoms with Crippen LogP contribution >= 0.6 is 0 Å². The summed E-state index contributed by atoms with van der Waals surface area (Å²) >= 11 is 0. The van der Waals surface area contributed by atoms with Crippen molar-refractivity contribution >= 4 is 15.8 Å². The maximum absolute atomic E-state index is 11.8. The second kappa shape index (κ2) is 6.02. The van der Waals surface area contributed by atoms with Crippen molar-refractivity contribution in [1.29, 1.82) is 0 Å². The maximum Gasteiger partial charge on any atom is 0.308 e. The molecule has 3 unspecified atom stereocenters. The minimum Gasteiger partial charge on any atom is -0.466 e. The first-order valence-electron chi connectivity index (χ1n) is 7.48. The largest absolute Gasteiger partial charge is 0.466 e. The van der Waals surface area contributed by atoms with Gasteiger partial charge in [0.25, 0.3) is 0 Å². The monoisotopic (exact) mass is 303 g/mol. The van der Waals surface area contributed by atoms with E-state index in [1.54, 1.807) is 0 Å². The molecule has 0 radical (unpaired) electrons. The van der Waals surface area contributed by atoms with E-state index in [4.69, 9.17) is 4.74 Å². The summed E-state index contributed by atoms with van der Waals surface area (Å²) < 4.78 is 28.4. The van der Waals surface area contributed by atoms with Gasteiger partial charge in [0.15, 0.2) is 9.84 Å². The molecule has 0 aromatic rings. The molecule has 0 aromatic carbocycles. The zero-order valence-electron chi connectivity index (χ0n) is 12.4. The maximum atomic E-state index is 11.8. The number of hydrogen-bond acceptors (Lipinski definition) is 5. The van der Waals surface area contributed by atoms with Crippen LogP contribution in [0, 0.1) is 5.92 Å². The van der Waals surface area contributed by atoms with Gasteiger partial charge in [-0.2, -0.15) is 0 Å². The quantitative estimate of drug-likeness (QED) is 0.792. The van der Waals surface area contributed by atoms with Gasteiger partial charge < -0.3 is 10.1 Å². The summed E-state index contributed by atoms with van der Waals surface area (Å²) in [6.45, 7) is 4.22. The van der Waals surface area contributed by atoms with E-state index in [9.17, 15) is 13.2 Å². The molecule has 1 saturated carbocycles. The Hall–Kier alpha value is -0.620. The van der Waals surface area contributed by atoms with E-state index in [1.807, 2.05) is 13.8 Å². The first kappa shape index (κ1) is 15.8. The lowest BCUT2D eigenvalue weighted by atomic mass is 9.84. The van der Waals surface area contributed by atoms with Gasteiger partial charge in [0, 0.05) is 11.6 Å². The van der Waals surface area contributed by atoms with Crippen LogP contribution in [-0.4, -0.2) is 44.1 Å². The summed E-state index contributed by atoms with van der Waals surface area (Å²) in [4.78, 5) is 11.8. The van der Waals surface area contributed by atoms with Crippen LogP contribution in [0.2, 0.25) is 0 Å². The van der Waals surface area contributed by atoms with Crippen molar-refractivity contribution in [3.8, 4) is 0 Å². The van der Waals surface area contributed by atoms with Crippen LogP contribution in [0.1, 0.15) is 46.0 Å². The van der Waals surface area contributed by atoms with Crippen molar-refractivity contribution in [2.75, 3.05) is 18.1 Å². The molecule has 20 heavy (non-hydrogen) atoms. The molecular weight excluding hydrogens is 278 g/mol. The Morgan fingerprint density at radius 3 is 2.75 bits per heavy atom. The molecule has 0 bridgehead atoms. The van der Waals surface area contributed by atoms with Crippen LogP contribution in [0.5, 0.6) is 0 Å². The SMILES string of the molecule is CCOC(=O)C1CCCC(NC2(C)CCS(=O)(=O)C2)C1. The molecule has 1 aliphatic heterocycles. The summed E-state index contributed by atoms with van der Waals surface area (Å²) in [6, 6.07) is 0.219. The number of ether oxygens (including phenoxy) is 1. The predicted octanol–water partition coefficient (Wildman–Crippen LogP) is 1.28. The highest BCUT2D eigenvalue weighted by Crippen LogP contribution is 2.30. The fourth-order valence-corrected chi connectivity index (χ4v) is 5.52. The molecule has 0 amide bonds. The van der Waals surface area contributed by atoms with Crippen molar-refractivity contribution < 1.29 is 17.9 Å². The summed E-state index contributed by atoms with van der Waals surface area (Å²) in [5, 5.41) is 3.49. The molecule has 1 saturated heterocycles. The summed E-state index contributed by atoms with van der Waals surface area (Å²) in [5.41, 5.74) is -0.333. The molecule has 0 spiro atoms. The van der Waals surface area contributed by atoms with Crippen LogP contribution in [0.4, 0.5) is 0 Å². The van der Waals surface area contributed by atoms with Gasteiger partial charge in [-0.1, -0.05) is 6.42 Å². The Labute approximate surface area is 121 Å². The van der Waals surface area contributed by atoms with Crippen LogP contribution in [-0.2, 0) is 19.4 Å². The third-order valence-electron chi connectivity index (χ3n) is 4.35. The topological polar surface area (TPSA) is 72.5 Å². The Morgan fingerprint density at radius 2 is 2.15 bits per heavy atom. The first-order chi connectivity index (χ1) is 9.34. The van der Waals surface area contributed by atoms with E-state index in [0.29, 0.717) is 13.0 Å². The molecule has 1 aliphatic carbocycles. The number of esters is 1. The van der Waals surface area contributed by atoms with Crippen molar-refractivity contribution in [3.05, 3.63) is 0 Å². The normalized spacial score (nSPS) is 36.7. The summed E-state index contributed by atoms with van der Waals surface area (Å²) in [5.74, 6) is 0.330. The Balaban J connectivity index is 1.92. The van der Waals surface area contributed by atoms with Crippen molar-refractivity contribution in [2.24, 2.45) is 5.92 Å². The molecule has 2 fully saturated rings. The second-order valence-corrected chi connectivity index (χ2v) is 8.54. The van der Waals surface area contributed by atoms with Crippen LogP contribution in [0.15, 0.2) is 0 Å². The van der Waals surface area contributed by atoms with Gasteiger partial charge >= 0.3 is 5.97 Å². The molecule has 3 atom stereocenters. The van der Waals surface area contributed by atoms with Crippen molar-refractivity contribution in [3.63, 3.8) is 0 Å². The summed E-state index contributed by atoms with van der Waals surface area (Å²) in [6.07, 6.45) is 4.30. The Morgan fingerprint density at radius 1 is 1.40 bits per heavy atom. The van der Waals surface area contributed by atoms with E-state index in [0.717, 1.165) is 25.7 Å². The van der Waals surface area contributed by atoms with Gasteiger partial charge in [-0.3, -0.25) is 4.79 Å². The number of rotatable bonds is 4. The average Bonchev–Trinajstić information content (AvgIpc) is 2.64. The molecule has 5 nitrogen and oxygen atoms in total. The van der Waals surface area contributed by atoms with Gasteiger partial charge in [0.2, 0.25) is 0 Å². The molecule has 6 heteroatoms. The molecule has 2 aliphatic rings. The highest BCUT2D eigenvalue weighted by molar-refractivity contribution is 7.91. The zero-order valence-corrected chi connectivity index (χ0v) is 13.2. The average molecular weight is 303 g/mol. The number of nitrogens with one attached hydrogen (secondary N) is 1. The van der Waals surface area contributed by atoms with E-state index < -0.39 is 9.84 Å². The van der Waals surface area contributed by atoms with Crippen LogP contribution in [0.25, 0.3) is 0 Å². The van der Waals surface area contributed by atoms with Gasteiger partial charge in [0.1, 0.15) is 0 Å². The lowest BCUT2D eigenvalue weighted by Gasteiger charge is -2.35. The van der Waals surface area contributed by atoms with Crippen molar-refractivity contribution in [2.45, 2.75) is 57.5 Å². The van der Waals surface area contributed by atoms with E-state index in [-0.39, 0.29) is 35.0 Å². The molecular formula is C14H25NO4S. The lowest BCUT2D eigenvalue weighted by molar-refractivity contribution is -0.149. The zero-order chi connectivity index (χ0) is 14.8. The van der Waals surface area contributed by atoms with Gasteiger partial charge in [-0.05, 0) is 39.5 Å². The smallest absolute Gasteiger partial charge is 0.308 e. The highest BCUT2D eigenvalue weighted by atomic mass is 32.2. The Kier molecular flexibility index (Phi) is 4.74. The molecule has 0 aromatic heterocycles. The fourth-order valence-electron chi connectivity index (χ4n) is 3.41. The van der Waals surface area contributed by atoms with Crippen molar-refractivity contribution in [1.82, 2.24) is 5.32 Å². The fraction of sp³-hybridized carbons (Fsp3) is 0.929. The van der Waals surface area contributed by atoms with Gasteiger partial charge in [0.05, 0.1) is 24.0 Å². The Bertz CT molecular complexity index is 462. The van der Waals surface area contributed by atoms with E-state index in [2.05, 4.69) is 5.32 Å². The number of carbonyl (C=O) groups excluding carboxylic acids is 1. The number of carbonyl (C=O) groups is 1. The second-order valence-electron chi connectivity index (χ2n) is 6.36. The molecule has 1 heterocycles. The molecule has 1 N–H and O–H groups in total. The highest BCUT2D eigenvalue weighted by Gasteiger charge is 2.40. The first-order valence-corrected chi connectivity index (χ1v) is 9.30. The predicted molar refractivity (Wildman–Crippen MR) is 77.2 cm³/mol. The van der Waals surface area contributed by atoms with Crippen LogP contribution in [0.3, 0.4) is 0 Å². The van der Waals surface area contributed by atoms with Crippen LogP contribution < -0.4 is 5.32 Å². The third kappa shape index (κ3) is 3.95. The summed E-state index contributed by atoms with van der Waals surface area (Å²) in [7, 11) is -2.90. The van der Waals surface area contributed by atoms with Gasteiger partial charge in [-0.15, -0.1) is 0 Å².